The maximum atomic E-state index is 13.1. The highest BCUT2D eigenvalue weighted by Crippen LogP contribution is 2.33. The van der Waals surface area contributed by atoms with Crippen LogP contribution in [-0.4, -0.2) is 11.7 Å². The van der Waals surface area contributed by atoms with E-state index in [0.29, 0.717) is 12.1 Å². The smallest absolute Gasteiger partial charge is 0.396 e. The maximum Gasteiger partial charge on any atom is 0.416 e. The Kier molecular flexibility index (Phi) is 3.57. The first kappa shape index (κ1) is 12.3. The Morgan fingerprint density at radius 1 is 1.27 bits per heavy atom. The Morgan fingerprint density at radius 2 is 1.87 bits per heavy atom. The number of rotatable bonds is 2. The van der Waals surface area contributed by atoms with Crippen LogP contribution in [-0.2, 0) is 12.6 Å². The zero-order valence-corrected chi connectivity index (χ0v) is 8.16. The molecule has 0 amide bonds. The molecule has 1 nitrogen and oxygen atoms in total. The lowest BCUT2D eigenvalue weighted by molar-refractivity contribution is -0.137. The highest BCUT2D eigenvalue weighted by molar-refractivity contribution is 6.30. The number of benzene rings is 1. The first-order valence-electron chi connectivity index (χ1n) is 4.02. The lowest BCUT2D eigenvalue weighted by Crippen LogP contribution is -2.07. The maximum absolute atomic E-state index is 13.1. The number of hydrogen-bond donors (Lipinski definition) is 1. The van der Waals surface area contributed by atoms with Gasteiger partial charge in [-0.3, -0.25) is 0 Å². The van der Waals surface area contributed by atoms with Crippen molar-refractivity contribution in [3.8, 4) is 0 Å². The summed E-state index contributed by atoms with van der Waals surface area (Å²) in [5.41, 5.74) is -1.25. The molecule has 0 aliphatic carbocycles. The Bertz CT molecular complexity index is 362. The molecule has 1 N–H and O–H groups in total. The van der Waals surface area contributed by atoms with Crippen LogP contribution in [0.25, 0.3) is 0 Å². The molecule has 0 unspecified atom stereocenters. The van der Waals surface area contributed by atoms with Crippen LogP contribution >= 0.6 is 11.6 Å². The molecule has 0 fully saturated rings. The van der Waals surface area contributed by atoms with Crippen LogP contribution in [0.15, 0.2) is 12.1 Å². The van der Waals surface area contributed by atoms with Crippen LogP contribution in [0.4, 0.5) is 17.6 Å². The fourth-order valence-electron chi connectivity index (χ4n) is 1.11. The minimum Gasteiger partial charge on any atom is -0.396 e. The predicted octanol–water partition coefficient (Wildman–Crippen LogP) is 3.03. The number of hydrogen-bond acceptors (Lipinski definition) is 1. The Labute approximate surface area is 88.3 Å². The fourth-order valence-corrected chi connectivity index (χ4v) is 1.35. The Balaban J connectivity index is 3.23. The van der Waals surface area contributed by atoms with Crippen LogP contribution in [0.2, 0.25) is 5.02 Å². The second-order valence-corrected chi connectivity index (χ2v) is 3.31. The third kappa shape index (κ3) is 2.82. The molecule has 1 aromatic carbocycles. The quantitative estimate of drug-likeness (QED) is 0.791. The van der Waals surface area contributed by atoms with Crippen LogP contribution in [0, 0.1) is 5.82 Å². The van der Waals surface area contributed by atoms with E-state index in [0.717, 1.165) is 0 Å². The molecule has 0 spiro atoms. The van der Waals surface area contributed by atoms with E-state index in [1.165, 1.54) is 0 Å². The first-order valence-corrected chi connectivity index (χ1v) is 4.40. The molecule has 0 atom stereocenters. The number of aliphatic hydroxyl groups excluding tert-OH is 1. The van der Waals surface area contributed by atoms with Gasteiger partial charge in [-0.25, -0.2) is 4.39 Å². The van der Waals surface area contributed by atoms with E-state index < -0.39 is 29.2 Å². The third-order valence-corrected chi connectivity index (χ3v) is 2.09. The van der Waals surface area contributed by atoms with Crippen molar-refractivity contribution in [1.29, 1.82) is 0 Å². The van der Waals surface area contributed by atoms with E-state index in [9.17, 15) is 17.6 Å². The summed E-state index contributed by atoms with van der Waals surface area (Å²) >= 11 is 5.30. The molecular formula is C9H7ClF4O. The van der Waals surface area contributed by atoms with Crippen molar-refractivity contribution in [3.05, 3.63) is 34.1 Å². The molecular weight excluding hydrogens is 236 g/mol. The molecule has 1 aromatic rings. The van der Waals surface area contributed by atoms with Crippen molar-refractivity contribution in [1.82, 2.24) is 0 Å². The highest BCUT2D eigenvalue weighted by Gasteiger charge is 2.32. The van der Waals surface area contributed by atoms with Gasteiger partial charge in [-0.1, -0.05) is 11.6 Å². The van der Waals surface area contributed by atoms with Crippen molar-refractivity contribution < 1.29 is 22.7 Å². The average Bonchev–Trinajstić information content (AvgIpc) is 2.11. The van der Waals surface area contributed by atoms with Crippen molar-refractivity contribution in [2.45, 2.75) is 12.6 Å². The molecule has 1 rings (SSSR count). The number of aliphatic hydroxyl groups is 1. The van der Waals surface area contributed by atoms with Crippen molar-refractivity contribution in [2.24, 2.45) is 0 Å². The van der Waals surface area contributed by atoms with Gasteiger partial charge in [0.2, 0.25) is 0 Å². The number of alkyl halides is 3. The molecule has 84 valence electrons. The van der Waals surface area contributed by atoms with Crippen LogP contribution in [0.5, 0.6) is 0 Å². The van der Waals surface area contributed by atoms with Crippen LogP contribution < -0.4 is 0 Å². The second-order valence-electron chi connectivity index (χ2n) is 2.90. The molecule has 6 heteroatoms. The summed E-state index contributed by atoms with van der Waals surface area (Å²) in [6.45, 7) is -0.436. The van der Waals surface area contributed by atoms with E-state index in [2.05, 4.69) is 0 Å². The third-order valence-electron chi connectivity index (χ3n) is 1.81. The zero-order chi connectivity index (χ0) is 11.6. The van der Waals surface area contributed by atoms with Crippen molar-refractivity contribution in [3.63, 3.8) is 0 Å². The normalized spacial score (nSPS) is 11.9. The van der Waals surface area contributed by atoms with Gasteiger partial charge < -0.3 is 5.11 Å². The Hall–Kier alpha value is -0.810. The summed E-state index contributed by atoms with van der Waals surface area (Å²) in [6, 6.07) is 1.18. The monoisotopic (exact) mass is 242 g/mol. The summed E-state index contributed by atoms with van der Waals surface area (Å²) < 4.78 is 50.0. The van der Waals surface area contributed by atoms with Gasteiger partial charge in [0.05, 0.1) is 10.6 Å². The lowest BCUT2D eigenvalue weighted by atomic mass is 10.1. The molecule has 0 aliphatic rings. The summed E-state index contributed by atoms with van der Waals surface area (Å²) in [5, 5.41) is 7.95. The molecule has 0 aliphatic heterocycles. The van der Waals surface area contributed by atoms with E-state index in [1.807, 2.05) is 0 Å². The summed E-state index contributed by atoms with van der Waals surface area (Å²) in [7, 11) is 0. The molecule has 0 radical (unpaired) electrons. The molecule has 0 bridgehead atoms. The molecule has 0 aromatic heterocycles. The molecule has 0 heterocycles. The van der Waals surface area contributed by atoms with Gasteiger partial charge in [0, 0.05) is 6.61 Å². The van der Waals surface area contributed by atoms with Gasteiger partial charge in [0.15, 0.2) is 0 Å². The van der Waals surface area contributed by atoms with Crippen molar-refractivity contribution >= 4 is 11.6 Å². The predicted molar refractivity (Wildman–Crippen MR) is 47.2 cm³/mol. The van der Waals surface area contributed by atoms with Gasteiger partial charge in [0.1, 0.15) is 5.82 Å². The SMILES string of the molecule is OCCc1cc(C(F)(F)F)cc(Cl)c1F. The average molecular weight is 243 g/mol. The second kappa shape index (κ2) is 4.37. The highest BCUT2D eigenvalue weighted by atomic mass is 35.5. The lowest BCUT2D eigenvalue weighted by Gasteiger charge is -2.10. The van der Waals surface area contributed by atoms with Crippen LogP contribution in [0.3, 0.4) is 0 Å². The van der Waals surface area contributed by atoms with Gasteiger partial charge in [-0.2, -0.15) is 13.2 Å². The fraction of sp³-hybridized carbons (Fsp3) is 0.333. The first-order chi connectivity index (χ1) is 6.86. The van der Waals surface area contributed by atoms with E-state index in [-0.39, 0.29) is 12.0 Å². The largest absolute Gasteiger partial charge is 0.416 e. The molecule has 0 saturated heterocycles. The topological polar surface area (TPSA) is 20.2 Å². The zero-order valence-electron chi connectivity index (χ0n) is 7.41. The van der Waals surface area contributed by atoms with Gasteiger partial charge in [-0.05, 0) is 24.1 Å². The van der Waals surface area contributed by atoms with Gasteiger partial charge in [0.25, 0.3) is 0 Å². The summed E-state index contributed by atoms with van der Waals surface area (Å²) in [6.07, 6.45) is -4.77. The minimum atomic E-state index is -4.57. The van der Waals surface area contributed by atoms with Crippen molar-refractivity contribution in [2.75, 3.05) is 6.61 Å². The summed E-state index contributed by atoms with van der Waals surface area (Å²) in [4.78, 5) is 0. The van der Waals surface area contributed by atoms with Gasteiger partial charge >= 0.3 is 6.18 Å². The standard InChI is InChI=1S/C9H7ClF4O/c10-7-4-6(9(12,13)14)3-5(1-2-15)8(7)11/h3-4,15H,1-2H2. The van der Waals surface area contributed by atoms with Crippen LogP contribution in [0.1, 0.15) is 11.1 Å². The van der Waals surface area contributed by atoms with E-state index >= 15 is 0 Å². The summed E-state index contributed by atoms with van der Waals surface area (Å²) in [5.74, 6) is -0.918. The van der Waals surface area contributed by atoms with E-state index in [1.54, 1.807) is 0 Å². The Morgan fingerprint density at radius 3 is 2.33 bits per heavy atom. The van der Waals surface area contributed by atoms with E-state index in [4.69, 9.17) is 16.7 Å². The molecule has 15 heavy (non-hydrogen) atoms. The van der Waals surface area contributed by atoms with Gasteiger partial charge in [-0.15, -0.1) is 0 Å². The minimum absolute atomic E-state index is 0.199. The number of halogens is 5. The molecule has 0 saturated carbocycles.